The number of oxazole rings is 1. The molecule has 7 nitrogen and oxygen atoms in total. The lowest BCUT2D eigenvalue weighted by Gasteiger charge is -2.29. The van der Waals surface area contributed by atoms with Gasteiger partial charge in [-0.1, -0.05) is 0 Å². The van der Waals surface area contributed by atoms with Gasteiger partial charge in [-0.15, -0.1) is 0 Å². The molecule has 0 bridgehead atoms. The molecule has 0 aliphatic carbocycles. The van der Waals surface area contributed by atoms with Crippen LogP contribution in [0.1, 0.15) is 22.6 Å². The Morgan fingerprint density at radius 3 is 2.66 bits per heavy atom. The highest BCUT2D eigenvalue weighted by molar-refractivity contribution is 5.79. The number of aromatic nitrogens is 2. The van der Waals surface area contributed by atoms with E-state index in [1.807, 2.05) is 36.1 Å². The Labute approximate surface area is 169 Å². The average Bonchev–Trinajstić information content (AvgIpc) is 3.13. The van der Waals surface area contributed by atoms with Crippen LogP contribution in [0, 0.1) is 6.92 Å². The lowest BCUT2D eigenvalue weighted by molar-refractivity contribution is -0.131. The quantitative estimate of drug-likeness (QED) is 0.663. The van der Waals surface area contributed by atoms with E-state index in [4.69, 9.17) is 13.9 Å². The van der Waals surface area contributed by atoms with Gasteiger partial charge in [0.05, 0.1) is 31.9 Å². The van der Waals surface area contributed by atoms with Crippen LogP contribution in [0.5, 0.6) is 11.5 Å². The molecule has 3 aromatic rings. The maximum absolute atomic E-state index is 12.9. The van der Waals surface area contributed by atoms with Crippen molar-refractivity contribution in [2.75, 3.05) is 20.8 Å². The summed E-state index contributed by atoms with van der Waals surface area (Å²) in [6.45, 7) is 3.03. The minimum Gasteiger partial charge on any atom is -0.493 e. The number of ether oxygens (including phenoxy) is 2. The summed E-state index contributed by atoms with van der Waals surface area (Å²) < 4.78 is 16.5. The van der Waals surface area contributed by atoms with Crippen LogP contribution >= 0.6 is 0 Å². The second-order valence-corrected chi connectivity index (χ2v) is 6.98. The van der Waals surface area contributed by atoms with Crippen LogP contribution in [0.3, 0.4) is 0 Å². The summed E-state index contributed by atoms with van der Waals surface area (Å²) >= 11 is 0. The van der Waals surface area contributed by atoms with Gasteiger partial charge in [0.2, 0.25) is 11.8 Å². The molecule has 1 amide bonds. The van der Waals surface area contributed by atoms with Crippen LogP contribution in [0.4, 0.5) is 0 Å². The first-order valence-electron chi connectivity index (χ1n) is 9.47. The molecule has 0 spiro atoms. The molecule has 2 aromatic heterocycles. The smallest absolute Gasteiger partial charge is 0.229 e. The topological polar surface area (TPSA) is 77.7 Å². The predicted molar refractivity (Wildman–Crippen MR) is 107 cm³/mol. The summed E-state index contributed by atoms with van der Waals surface area (Å²) in [5.41, 5.74) is 3.72. The van der Waals surface area contributed by atoms with Crippen LogP contribution in [-0.4, -0.2) is 41.5 Å². The standard InChI is InChI=1S/C22H23N3O4/c1-14-18(24-22(29-14)16-5-4-7-23-12-16)11-21(26)25-8-6-15-9-19(27-2)20(28-3)10-17(15)13-25/h4-5,7,9-10,12H,6,8,11,13H2,1-3H3. The minimum atomic E-state index is 0.0274. The highest BCUT2D eigenvalue weighted by Gasteiger charge is 2.24. The van der Waals surface area contributed by atoms with Gasteiger partial charge in [-0.05, 0) is 48.7 Å². The average molecular weight is 393 g/mol. The molecule has 1 aliphatic heterocycles. The van der Waals surface area contributed by atoms with E-state index in [9.17, 15) is 4.79 Å². The van der Waals surface area contributed by atoms with E-state index in [0.717, 1.165) is 17.5 Å². The van der Waals surface area contributed by atoms with Gasteiger partial charge in [0.15, 0.2) is 11.5 Å². The second-order valence-electron chi connectivity index (χ2n) is 6.98. The molecule has 29 heavy (non-hydrogen) atoms. The Kier molecular flexibility index (Phi) is 5.20. The zero-order valence-electron chi connectivity index (χ0n) is 16.8. The van der Waals surface area contributed by atoms with Crippen molar-refractivity contribution < 1.29 is 18.7 Å². The van der Waals surface area contributed by atoms with E-state index in [1.54, 1.807) is 26.6 Å². The van der Waals surface area contributed by atoms with E-state index in [0.29, 0.717) is 41.9 Å². The molecule has 1 aromatic carbocycles. The fraction of sp³-hybridized carbons (Fsp3) is 0.318. The molecular formula is C22H23N3O4. The summed E-state index contributed by atoms with van der Waals surface area (Å²) in [6, 6.07) is 7.66. The number of carbonyl (C=O) groups is 1. The van der Waals surface area contributed by atoms with Crippen molar-refractivity contribution in [3.63, 3.8) is 0 Å². The Morgan fingerprint density at radius 2 is 1.97 bits per heavy atom. The number of fused-ring (bicyclic) bond motifs is 1. The summed E-state index contributed by atoms with van der Waals surface area (Å²) in [6.07, 6.45) is 4.38. The number of benzene rings is 1. The van der Waals surface area contributed by atoms with Crippen molar-refractivity contribution in [2.24, 2.45) is 0 Å². The van der Waals surface area contributed by atoms with E-state index in [2.05, 4.69) is 9.97 Å². The molecule has 1 aliphatic rings. The SMILES string of the molecule is COc1cc2c(cc1OC)CN(C(=O)Cc1nc(-c3cccnc3)oc1C)CC2. The first-order valence-corrected chi connectivity index (χ1v) is 9.47. The number of hydrogen-bond donors (Lipinski definition) is 0. The number of amides is 1. The normalized spacial score (nSPS) is 13.1. The molecule has 0 saturated carbocycles. The number of rotatable bonds is 5. The number of carbonyl (C=O) groups excluding carboxylic acids is 1. The largest absolute Gasteiger partial charge is 0.493 e. The number of aryl methyl sites for hydroxylation is 1. The lowest BCUT2D eigenvalue weighted by atomic mass is 9.98. The van der Waals surface area contributed by atoms with Crippen molar-refractivity contribution in [1.82, 2.24) is 14.9 Å². The monoisotopic (exact) mass is 393 g/mol. The zero-order chi connectivity index (χ0) is 20.4. The Balaban J connectivity index is 1.50. The van der Waals surface area contributed by atoms with Crippen LogP contribution in [-0.2, 0) is 24.2 Å². The summed E-state index contributed by atoms with van der Waals surface area (Å²) in [4.78, 5) is 23.4. The van der Waals surface area contributed by atoms with Crippen LogP contribution < -0.4 is 9.47 Å². The van der Waals surface area contributed by atoms with Gasteiger partial charge in [-0.25, -0.2) is 4.98 Å². The maximum atomic E-state index is 12.9. The maximum Gasteiger partial charge on any atom is 0.229 e. The van der Waals surface area contributed by atoms with Crippen molar-refractivity contribution in [1.29, 1.82) is 0 Å². The van der Waals surface area contributed by atoms with Gasteiger partial charge in [0.25, 0.3) is 0 Å². The summed E-state index contributed by atoms with van der Waals surface area (Å²) in [5.74, 6) is 2.56. The fourth-order valence-corrected chi connectivity index (χ4v) is 3.56. The molecule has 0 fully saturated rings. The number of methoxy groups -OCH3 is 2. The molecule has 0 unspecified atom stereocenters. The first-order chi connectivity index (χ1) is 14.1. The van der Waals surface area contributed by atoms with Gasteiger partial charge < -0.3 is 18.8 Å². The third-order valence-electron chi connectivity index (χ3n) is 5.19. The highest BCUT2D eigenvalue weighted by atomic mass is 16.5. The Hall–Kier alpha value is -3.35. The Bertz CT molecular complexity index is 1030. The lowest BCUT2D eigenvalue weighted by Crippen LogP contribution is -2.37. The number of pyridine rings is 1. The minimum absolute atomic E-state index is 0.0274. The molecular weight excluding hydrogens is 370 g/mol. The van der Waals surface area contributed by atoms with Gasteiger partial charge >= 0.3 is 0 Å². The van der Waals surface area contributed by atoms with Crippen LogP contribution in [0.15, 0.2) is 41.1 Å². The molecule has 150 valence electrons. The van der Waals surface area contributed by atoms with Crippen molar-refractivity contribution in [2.45, 2.75) is 26.3 Å². The predicted octanol–water partition coefficient (Wildman–Crippen LogP) is 3.19. The van der Waals surface area contributed by atoms with Crippen molar-refractivity contribution in [3.8, 4) is 23.0 Å². The molecule has 7 heteroatoms. The van der Waals surface area contributed by atoms with Crippen molar-refractivity contribution >= 4 is 5.91 Å². The van der Waals surface area contributed by atoms with Gasteiger partial charge in [0.1, 0.15) is 5.76 Å². The molecule has 0 radical (unpaired) electrons. The van der Waals surface area contributed by atoms with Crippen LogP contribution in [0.2, 0.25) is 0 Å². The fourth-order valence-electron chi connectivity index (χ4n) is 3.56. The third-order valence-corrected chi connectivity index (χ3v) is 5.19. The molecule has 0 atom stereocenters. The molecule has 4 rings (SSSR count). The van der Waals surface area contributed by atoms with Gasteiger partial charge in [0, 0.05) is 25.5 Å². The Morgan fingerprint density at radius 1 is 1.21 bits per heavy atom. The van der Waals surface area contributed by atoms with Crippen LogP contribution in [0.25, 0.3) is 11.5 Å². The second kappa shape index (κ2) is 7.95. The molecule has 0 N–H and O–H groups in total. The van der Waals surface area contributed by atoms with Gasteiger partial charge in [-0.2, -0.15) is 0 Å². The van der Waals surface area contributed by atoms with E-state index in [-0.39, 0.29) is 12.3 Å². The summed E-state index contributed by atoms with van der Waals surface area (Å²) in [7, 11) is 3.24. The van der Waals surface area contributed by atoms with E-state index >= 15 is 0 Å². The van der Waals surface area contributed by atoms with E-state index < -0.39 is 0 Å². The number of hydrogen-bond acceptors (Lipinski definition) is 6. The van der Waals surface area contributed by atoms with Crippen molar-refractivity contribution in [3.05, 3.63) is 59.2 Å². The molecule has 3 heterocycles. The third kappa shape index (κ3) is 3.81. The first kappa shape index (κ1) is 19.0. The summed E-state index contributed by atoms with van der Waals surface area (Å²) in [5, 5.41) is 0. The number of nitrogens with zero attached hydrogens (tertiary/aromatic N) is 3. The zero-order valence-corrected chi connectivity index (χ0v) is 16.8. The highest BCUT2D eigenvalue weighted by Crippen LogP contribution is 2.33. The van der Waals surface area contributed by atoms with E-state index in [1.165, 1.54) is 5.56 Å². The van der Waals surface area contributed by atoms with Gasteiger partial charge in [-0.3, -0.25) is 9.78 Å². The molecule has 0 saturated heterocycles.